The van der Waals surface area contributed by atoms with Crippen molar-refractivity contribution in [3.05, 3.63) is 68.1 Å². The van der Waals surface area contributed by atoms with Gasteiger partial charge in [-0.05, 0) is 19.9 Å². The molecule has 2 aromatic rings. The van der Waals surface area contributed by atoms with E-state index in [0.717, 1.165) is 45.3 Å². The van der Waals surface area contributed by atoms with Gasteiger partial charge < -0.3 is 4.57 Å². The van der Waals surface area contributed by atoms with Crippen molar-refractivity contribution in [2.75, 3.05) is 5.75 Å². The molecule has 0 fully saturated rings. The number of fused-ring (bicyclic) bond motifs is 2. The molecule has 1 N–H and O–H groups in total. The molecule has 9 nitrogen and oxygen atoms in total. The summed E-state index contributed by atoms with van der Waals surface area (Å²) in [4.78, 5) is 15.6. The predicted octanol–water partition coefficient (Wildman–Crippen LogP) is 1.15. The van der Waals surface area contributed by atoms with E-state index >= 15 is 0 Å². The normalized spacial score (nSPS) is 19.0. The van der Waals surface area contributed by atoms with Crippen LogP contribution in [0.5, 0.6) is 0 Å². The molecule has 10 heteroatoms. The van der Waals surface area contributed by atoms with Crippen LogP contribution < -0.4 is 16.3 Å². The minimum atomic E-state index is -0.358. The molecular formula is C19H17N7O2S. The fourth-order valence-corrected chi connectivity index (χ4v) is 4.42. The van der Waals surface area contributed by atoms with E-state index in [1.54, 1.807) is 24.1 Å². The molecule has 3 aliphatic rings. The summed E-state index contributed by atoms with van der Waals surface area (Å²) in [6.07, 6.45) is 6.04. The first-order chi connectivity index (χ1) is 14.0. The number of aromatic nitrogens is 2. The van der Waals surface area contributed by atoms with E-state index in [0.29, 0.717) is 11.3 Å². The number of nitrogens with zero attached hydrogens (tertiary/aromatic N) is 6. The number of nitrogens with one attached hydrogen (secondary N) is 1. The largest absolute Gasteiger partial charge is 0.318 e. The van der Waals surface area contributed by atoms with Crippen molar-refractivity contribution in [3.63, 3.8) is 0 Å². The molecule has 0 atom stereocenters. The molecule has 1 aromatic heterocycles. The summed E-state index contributed by atoms with van der Waals surface area (Å²) in [5.41, 5.74) is 7.11. The van der Waals surface area contributed by atoms with Crippen molar-refractivity contribution in [1.82, 2.24) is 20.0 Å². The Morgan fingerprint density at radius 3 is 3.00 bits per heavy atom. The van der Waals surface area contributed by atoms with Gasteiger partial charge in [-0.2, -0.15) is 10.1 Å². The third-order valence-corrected chi connectivity index (χ3v) is 5.95. The van der Waals surface area contributed by atoms with Crippen molar-refractivity contribution in [3.8, 4) is 0 Å². The maximum Gasteiger partial charge on any atom is 0.272 e. The summed E-state index contributed by atoms with van der Waals surface area (Å²) in [6, 6.07) is 5.22. The van der Waals surface area contributed by atoms with Gasteiger partial charge >= 0.3 is 0 Å². The molecule has 0 amide bonds. The highest BCUT2D eigenvalue weighted by molar-refractivity contribution is 8.14. The van der Waals surface area contributed by atoms with E-state index in [1.807, 2.05) is 25.1 Å². The van der Waals surface area contributed by atoms with Gasteiger partial charge in [0, 0.05) is 29.5 Å². The Bertz CT molecular complexity index is 1270. The first-order valence-electron chi connectivity index (χ1n) is 9.07. The molecule has 5 rings (SSSR count). The van der Waals surface area contributed by atoms with Crippen molar-refractivity contribution in [1.29, 1.82) is 0 Å². The number of hydrogen-bond acceptors (Lipinski definition) is 8. The number of hydrazone groups is 2. The number of allylic oxidation sites excluding steroid dienone is 2. The fraction of sp³-hybridized carbons (Fsp3) is 0.211. The van der Waals surface area contributed by atoms with Crippen LogP contribution in [0.25, 0.3) is 11.9 Å². The van der Waals surface area contributed by atoms with Crippen LogP contribution in [0.4, 0.5) is 5.69 Å². The zero-order valence-electron chi connectivity index (χ0n) is 15.8. The number of nitro benzene ring substituents is 1. The summed E-state index contributed by atoms with van der Waals surface area (Å²) < 4.78 is 2.11. The third kappa shape index (κ3) is 2.83. The SMILES string of the molecule is Cc1ccc(C2=NN3C(=NN/C3=c3\c(C)nc4n3CC=CC=4)SC2)cc1[N+](=O)[O-]. The quantitative estimate of drug-likeness (QED) is 0.592. The highest BCUT2D eigenvalue weighted by Gasteiger charge is 2.31. The lowest BCUT2D eigenvalue weighted by molar-refractivity contribution is -0.385. The second-order valence-electron chi connectivity index (χ2n) is 6.87. The molecule has 0 aliphatic carbocycles. The molecule has 0 bridgehead atoms. The Morgan fingerprint density at radius 1 is 1.31 bits per heavy atom. The van der Waals surface area contributed by atoms with Crippen LogP contribution in [0, 0.1) is 24.0 Å². The molecular weight excluding hydrogens is 390 g/mol. The number of hydrogen-bond donors (Lipinski definition) is 1. The van der Waals surface area contributed by atoms with Crippen molar-refractivity contribution >= 4 is 40.2 Å². The molecule has 0 radical (unpaired) electrons. The summed E-state index contributed by atoms with van der Waals surface area (Å²) >= 11 is 1.54. The summed E-state index contributed by atoms with van der Waals surface area (Å²) in [5.74, 6) is 1.33. The minimum absolute atomic E-state index is 0.0986. The number of nitro groups is 1. The second-order valence-corrected chi connectivity index (χ2v) is 7.81. The van der Waals surface area contributed by atoms with Gasteiger partial charge in [0.05, 0.1) is 16.3 Å². The Labute approximate surface area is 170 Å². The van der Waals surface area contributed by atoms with Gasteiger partial charge in [-0.15, -0.1) is 5.10 Å². The molecule has 146 valence electrons. The average molecular weight is 407 g/mol. The fourth-order valence-electron chi connectivity index (χ4n) is 3.57. The number of rotatable bonds is 2. The highest BCUT2D eigenvalue weighted by atomic mass is 32.2. The van der Waals surface area contributed by atoms with Crippen LogP contribution >= 0.6 is 11.8 Å². The van der Waals surface area contributed by atoms with Crippen LogP contribution in [-0.4, -0.2) is 36.1 Å². The number of aryl methyl sites for hydroxylation is 2. The van der Waals surface area contributed by atoms with Gasteiger partial charge in [0.15, 0.2) is 5.82 Å². The maximum atomic E-state index is 11.3. The van der Waals surface area contributed by atoms with Crippen LogP contribution in [-0.2, 0) is 6.54 Å². The lowest BCUT2D eigenvalue weighted by Gasteiger charge is -2.22. The average Bonchev–Trinajstić information content (AvgIpc) is 3.27. The van der Waals surface area contributed by atoms with Gasteiger partial charge in [-0.1, -0.05) is 36.0 Å². The zero-order valence-corrected chi connectivity index (χ0v) is 16.6. The summed E-state index contributed by atoms with van der Waals surface area (Å²) in [6.45, 7) is 4.42. The minimum Gasteiger partial charge on any atom is -0.318 e. The maximum absolute atomic E-state index is 11.3. The zero-order chi connectivity index (χ0) is 20.1. The van der Waals surface area contributed by atoms with E-state index < -0.39 is 0 Å². The first kappa shape index (κ1) is 17.7. The van der Waals surface area contributed by atoms with E-state index in [9.17, 15) is 10.1 Å². The second kappa shape index (κ2) is 6.59. The van der Waals surface area contributed by atoms with Gasteiger partial charge in [-0.25, -0.2) is 4.98 Å². The van der Waals surface area contributed by atoms with E-state index in [4.69, 9.17) is 5.10 Å². The van der Waals surface area contributed by atoms with Gasteiger partial charge in [0.1, 0.15) is 10.8 Å². The Balaban J connectivity index is 1.63. The number of thioether (sulfide) groups is 1. The first-order valence-corrected chi connectivity index (χ1v) is 10.1. The molecule has 1 aromatic carbocycles. The molecule has 4 heterocycles. The molecule has 0 spiro atoms. The standard InChI is InChI=1S/C19H17N7O2S/c1-11-6-7-13(9-15(11)26(27)28)14-10-29-19-22-21-18(25(19)23-14)17-12(2)20-16-5-3-4-8-24(16)17/h3-7,9,21H,8,10H2,1-2H3/b18-17-. The van der Waals surface area contributed by atoms with Crippen molar-refractivity contribution in [2.24, 2.45) is 10.2 Å². The van der Waals surface area contributed by atoms with E-state index in [-0.39, 0.29) is 10.6 Å². The monoisotopic (exact) mass is 407 g/mol. The Kier molecular flexibility index (Phi) is 4.02. The van der Waals surface area contributed by atoms with E-state index in [2.05, 4.69) is 26.2 Å². The van der Waals surface area contributed by atoms with Crippen LogP contribution in [0.15, 0.2) is 40.6 Å². The van der Waals surface area contributed by atoms with Gasteiger partial charge in [-0.3, -0.25) is 15.5 Å². The van der Waals surface area contributed by atoms with Gasteiger partial charge in [0.25, 0.3) is 5.69 Å². The highest BCUT2D eigenvalue weighted by Crippen LogP contribution is 2.28. The van der Waals surface area contributed by atoms with Crippen LogP contribution in [0.2, 0.25) is 0 Å². The molecule has 29 heavy (non-hydrogen) atoms. The number of imidazole rings is 1. The summed E-state index contributed by atoms with van der Waals surface area (Å²) in [7, 11) is 0. The number of benzene rings is 1. The van der Waals surface area contributed by atoms with E-state index in [1.165, 1.54) is 11.8 Å². The summed E-state index contributed by atoms with van der Waals surface area (Å²) in [5, 5.41) is 23.9. The molecule has 0 unspecified atom stereocenters. The van der Waals surface area contributed by atoms with Crippen molar-refractivity contribution < 1.29 is 4.92 Å². The smallest absolute Gasteiger partial charge is 0.272 e. The Hall–Kier alpha value is -3.40. The number of amidine groups is 1. The molecule has 0 saturated heterocycles. The third-order valence-electron chi connectivity index (χ3n) is 5.01. The van der Waals surface area contributed by atoms with Crippen LogP contribution in [0.3, 0.4) is 0 Å². The molecule has 0 saturated carbocycles. The predicted molar refractivity (Wildman–Crippen MR) is 112 cm³/mol. The van der Waals surface area contributed by atoms with Crippen LogP contribution in [0.1, 0.15) is 16.8 Å². The lowest BCUT2D eigenvalue weighted by Crippen LogP contribution is -2.37. The molecule has 3 aliphatic heterocycles. The Morgan fingerprint density at radius 2 is 2.17 bits per heavy atom. The van der Waals surface area contributed by atoms with Crippen molar-refractivity contribution in [2.45, 2.75) is 20.4 Å². The topological polar surface area (TPSA) is 101 Å². The van der Waals surface area contributed by atoms with Gasteiger partial charge in [0.2, 0.25) is 5.17 Å². The lowest BCUT2D eigenvalue weighted by atomic mass is 10.1.